The number of halogens is 1. The van der Waals surface area contributed by atoms with Gasteiger partial charge >= 0.3 is 0 Å². The molecule has 0 saturated carbocycles. The standard InChI is InChI=1S/C14H23BrN2/c1-11(16)8-9-17-10-14(2,3)12-4-6-13(15)7-5-12/h4-7,11,17H,8-10,16H2,1-3H3. The minimum atomic E-state index is 0.151. The summed E-state index contributed by atoms with van der Waals surface area (Å²) in [5.74, 6) is 0. The molecule has 3 heteroatoms. The van der Waals surface area contributed by atoms with Gasteiger partial charge in [-0.25, -0.2) is 0 Å². The maximum Gasteiger partial charge on any atom is 0.0175 e. The third-order valence-corrected chi connectivity index (χ3v) is 3.50. The first-order chi connectivity index (χ1) is 7.92. The van der Waals surface area contributed by atoms with Crippen LogP contribution in [0.3, 0.4) is 0 Å². The maximum absolute atomic E-state index is 5.72. The van der Waals surface area contributed by atoms with Gasteiger partial charge in [-0.15, -0.1) is 0 Å². The van der Waals surface area contributed by atoms with Crippen LogP contribution in [0.5, 0.6) is 0 Å². The topological polar surface area (TPSA) is 38.0 Å². The van der Waals surface area contributed by atoms with E-state index in [0.29, 0.717) is 0 Å². The Morgan fingerprint density at radius 1 is 1.29 bits per heavy atom. The fourth-order valence-electron chi connectivity index (χ4n) is 1.73. The molecule has 1 aromatic rings. The highest BCUT2D eigenvalue weighted by molar-refractivity contribution is 9.10. The Morgan fingerprint density at radius 3 is 2.41 bits per heavy atom. The average Bonchev–Trinajstić information content (AvgIpc) is 2.25. The molecular formula is C14H23BrN2. The molecule has 0 saturated heterocycles. The van der Waals surface area contributed by atoms with Crippen molar-refractivity contribution < 1.29 is 0 Å². The molecule has 1 atom stereocenters. The molecule has 0 radical (unpaired) electrons. The summed E-state index contributed by atoms with van der Waals surface area (Å²) in [5, 5.41) is 3.48. The van der Waals surface area contributed by atoms with Crippen molar-refractivity contribution in [3.05, 3.63) is 34.3 Å². The lowest BCUT2D eigenvalue weighted by molar-refractivity contribution is 0.458. The predicted molar refractivity (Wildman–Crippen MR) is 78.3 cm³/mol. The van der Waals surface area contributed by atoms with Crippen molar-refractivity contribution in [2.75, 3.05) is 13.1 Å². The van der Waals surface area contributed by atoms with E-state index in [9.17, 15) is 0 Å². The summed E-state index contributed by atoms with van der Waals surface area (Å²) < 4.78 is 1.13. The highest BCUT2D eigenvalue weighted by Crippen LogP contribution is 2.23. The average molecular weight is 299 g/mol. The molecule has 0 aliphatic heterocycles. The van der Waals surface area contributed by atoms with E-state index in [4.69, 9.17) is 5.73 Å². The van der Waals surface area contributed by atoms with Crippen LogP contribution in [0.25, 0.3) is 0 Å². The number of hydrogen-bond donors (Lipinski definition) is 2. The van der Waals surface area contributed by atoms with E-state index in [-0.39, 0.29) is 11.5 Å². The van der Waals surface area contributed by atoms with Crippen molar-refractivity contribution in [3.8, 4) is 0 Å². The molecule has 17 heavy (non-hydrogen) atoms. The van der Waals surface area contributed by atoms with Crippen molar-refractivity contribution in [2.45, 2.75) is 38.6 Å². The second-order valence-electron chi connectivity index (χ2n) is 5.33. The number of hydrogen-bond acceptors (Lipinski definition) is 2. The summed E-state index contributed by atoms with van der Waals surface area (Å²) in [5.41, 5.74) is 7.23. The zero-order valence-corrected chi connectivity index (χ0v) is 12.5. The Labute approximate surface area is 113 Å². The van der Waals surface area contributed by atoms with Crippen LogP contribution in [0, 0.1) is 0 Å². The summed E-state index contributed by atoms with van der Waals surface area (Å²) in [6.07, 6.45) is 1.02. The van der Waals surface area contributed by atoms with Crippen molar-refractivity contribution >= 4 is 15.9 Å². The first-order valence-electron chi connectivity index (χ1n) is 6.14. The van der Waals surface area contributed by atoms with Gasteiger partial charge in [0.2, 0.25) is 0 Å². The van der Waals surface area contributed by atoms with Gasteiger partial charge in [0, 0.05) is 22.5 Å². The fraction of sp³-hybridized carbons (Fsp3) is 0.571. The Bertz CT molecular complexity index is 331. The summed E-state index contributed by atoms with van der Waals surface area (Å²) in [6.45, 7) is 8.52. The van der Waals surface area contributed by atoms with Crippen LogP contribution in [0.2, 0.25) is 0 Å². The Kier molecular flexibility index (Phi) is 5.63. The van der Waals surface area contributed by atoms with Gasteiger partial charge in [-0.3, -0.25) is 0 Å². The van der Waals surface area contributed by atoms with Gasteiger partial charge in [-0.1, -0.05) is 41.9 Å². The van der Waals surface area contributed by atoms with Crippen LogP contribution in [-0.4, -0.2) is 19.1 Å². The summed E-state index contributed by atoms with van der Waals surface area (Å²) >= 11 is 3.46. The molecule has 96 valence electrons. The second kappa shape index (κ2) is 6.53. The number of nitrogens with two attached hydrogens (primary N) is 1. The molecule has 3 N–H and O–H groups in total. The zero-order chi connectivity index (χ0) is 12.9. The molecule has 0 fully saturated rings. The van der Waals surface area contributed by atoms with Crippen LogP contribution >= 0.6 is 15.9 Å². The molecule has 0 spiro atoms. The lowest BCUT2D eigenvalue weighted by atomic mass is 9.84. The van der Waals surface area contributed by atoms with Crippen molar-refractivity contribution in [1.29, 1.82) is 0 Å². The van der Waals surface area contributed by atoms with E-state index in [2.05, 4.69) is 59.4 Å². The van der Waals surface area contributed by atoms with Crippen LogP contribution < -0.4 is 11.1 Å². The largest absolute Gasteiger partial charge is 0.328 e. The van der Waals surface area contributed by atoms with Crippen LogP contribution in [-0.2, 0) is 5.41 Å². The van der Waals surface area contributed by atoms with Gasteiger partial charge in [0.15, 0.2) is 0 Å². The molecule has 0 aliphatic carbocycles. The van der Waals surface area contributed by atoms with E-state index < -0.39 is 0 Å². The van der Waals surface area contributed by atoms with Crippen LogP contribution in [0.4, 0.5) is 0 Å². The molecule has 1 rings (SSSR count). The third kappa shape index (κ3) is 5.19. The minimum Gasteiger partial charge on any atom is -0.328 e. The Balaban J connectivity index is 2.47. The highest BCUT2D eigenvalue weighted by atomic mass is 79.9. The number of nitrogens with one attached hydrogen (secondary N) is 1. The Morgan fingerprint density at radius 2 is 1.88 bits per heavy atom. The second-order valence-corrected chi connectivity index (χ2v) is 6.25. The Hall–Kier alpha value is -0.380. The van der Waals surface area contributed by atoms with Gasteiger partial charge in [0.1, 0.15) is 0 Å². The predicted octanol–water partition coefficient (Wildman–Crippen LogP) is 3.05. The smallest absolute Gasteiger partial charge is 0.0175 e. The first kappa shape index (κ1) is 14.7. The molecular weight excluding hydrogens is 276 g/mol. The van der Waals surface area contributed by atoms with Gasteiger partial charge in [0.05, 0.1) is 0 Å². The summed E-state index contributed by atoms with van der Waals surface area (Å²) in [6, 6.07) is 8.82. The minimum absolute atomic E-state index is 0.151. The molecule has 1 aromatic carbocycles. The lowest BCUT2D eigenvalue weighted by Crippen LogP contribution is -2.35. The first-order valence-corrected chi connectivity index (χ1v) is 6.93. The van der Waals surface area contributed by atoms with Crippen LogP contribution in [0.1, 0.15) is 32.8 Å². The number of benzene rings is 1. The highest BCUT2D eigenvalue weighted by Gasteiger charge is 2.19. The third-order valence-electron chi connectivity index (χ3n) is 2.97. The van der Waals surface area contributed by atoms with Crippen molar-refractivity contribution in [1.82, 2.24) is 5.32 Å². The maximum atomic E-state index is 5.72. The molecule has 0 aliphatic rings. The molecule has 2 nitrogen and oxygen atoms in total. The fourth-order valence-corrected chi connectivity index (χ4v) is 2.00. The molecule has 0 bridgehead atoms. The molecule has 0 amide bonds. The van der Waals surface area contributed by atoms with Crippen molar-refractivity contribution in [2.24, 2.45) is 5.73 Å². The van der Waals surface area contributed by atoms with E-state index in [1.54, 1.807) is 0 Å². The quantitative estimate of drug-likeness (QED) is 0.792. The van der Waals surface area contributed by atoms with E-state index >= 15 is 0 Å². The van der Waals surface area contributed by atoms with E-state index in [1.165, 1.54) is 5.56 Å². The van der Waals surface area contributed by atoms with Crippen LogP contribution in [0.15, 0.2) is 28.7 Å². The molecule has 0 heterocycles. The van der Waals surface area contributed by atoms with E-state index in [1.807, 2.05) is 6.92 Å². The number of rotatable bonds is 6. The monoisotopic (exact) mass is 298 g/mol. The summed E-state index contributed by atoms with van der Waals surface area (Å²) in [7, 11) is 0. The zero-order valence-electron chi connectivity index (χ0n) is 11.0. The van der Waals surface area contributed by atoms with Gasteiger partial charge < -0.3 is 11.1 Å². The SMILES string of the molecule is CC(N)CCNCC(C)(C)c1ccc(Br)cc1. The van der Waals surface area contributed by atoms with Gasteiger partial charge in [-0.2, -0.15) is 0 Å². The normalized spacial score (nSPS) is 13.7. The lowest BCUT2D eigenvalue weighted by Gasteiger charge is -2.26. The summed E-state index contributed by atoms with van der Waals surface area (Å²) in [4.78, 5) is 0. The molecule has 0 aromatic heterocycles. The van der Waals surface area contributed by atoms with Gasteiger partial charge in [0.25, 0.3) is 0 Å². The molecule has 1 unspecified atom stereocenters. The van der Waals surface area contributed by atoms with Crippen molar-refractivity contribution in [3.63, 3.8) is 0 Å². The van der Waals surface area contributed by atoms with Gasteiger partial charge in [-0.05, 0) is 37.6 Å². The van der Waals surface area contributed by atoms with E-state index in [0.717, 1.165) is 24.0 Å².